The van der Waals surface area contributed by atoms with Crippen molar-refractivity contribution in [3.8, 4) is 0 Å². The second kappa shape index (κ2) is 52.4. The quantitative estimate of drug-likeness (QED) is 0.0164. The van der Waals surface area contributed by atoms with Crippen LogP contribution in [0, 0.1) is 0 Å². The highest BCUT2D eigenvalue weighted by Gasteiger charge is 2.24. The number of carbonyl (C=O) groups is 14. The van der Waals surface area contributed by atoms with E-state index in [-0.39, 0.29) is 45.0 Å². The first-order chi connectivity index (χ1) is 56.7. The Morgan fingerprint density at radius 2 is 0.775 bits per heavy atom. The first kappa shape index (κ1) is 102. The average Bonchev–Trinajstić information content (AvgIpc) is 1.73. The largest absolute Gasteiger partial charge is 0.477 e. The Hall–Kier alpha value is -12.4. The fraction of sp³-hybridized carbons (Fsp3) is 0.259. The number of benzene rings is 3. The average molecular weight is 1770 g/mol. The number of anilines is 6. The highest BCUT2D eigenvalue weighted by Crippen LogP contribution is 2.30. The number of allylic oxidation sites excluding steroid dienone is 3. The lowest BCUT2D eigenvalue weighted by molar-refractivity contribution is -0.136. The summed E-state index contributed by atoms with van der Waals surface area (Å²) in [5, 5.41) is 58.1. The molecule has 0 radical (unpaired) electrons. The number of nitrogens with two attached hydrogens (primary N) is 1. The first-order valence-electron chi connectivity index (χ1n) is 35.0. The van der Waals surface area contributed by atoms with Gasteiger partial charge in [0.25, 0.3) is 11.8 Å². The van der Waals surface area contributed by atoms with Crippen molar-refractivity contribution in [3.05, 3.63) is 228 Å². The Labute approximate surface area is 713 Å². The topological polar surface area (TPSA) is 500 Å². The Balaban J connectivity index is 0.000000364. The van der Waals surface area contributed by atoms with Gasteiger partial charge in [0.15, 0.2) is 18.9 Å². The summed E-state index contributed by atoms with van der Waals surface area (Å²) in [6.45, 7) is 17.1. The van der Waals surface area contributed by atoms with Gasteiger partial charge in [0.1, 0.15) is 47.5 Å². The van der Waals surface area contributed by atoms with E-state index in [1.54, 1.807) is 165 Å². The minimum Gasteiger partial charge on any atom is -0.477 e. The van der Waals surface area contributed by atoms with Gasteiger partial charge in [-0.3, -0.25) is 39.9 Å². The normalized spacial score (nSPS) is 11.5. The van der Waals surface area contributed by atoms with E-state index in [2.05, 4.69) is 40.8 Å². The monoisotopic (exact) mass is 1770 g/mol. The van der Waals surface area contributed by atoms with Gasteiger partial charge in [-0.2, -0.15) is 0 Å². The third-order valence-corrected chi connectivity index (χ3v) is 19.2. The number of carboxylic acids is 3. The van der Waals surface area contributed by atoms with Gasteiger partial charge in [0, 0.05) is 12.0 Å². The number of hydrogen-bond donors (Lipinski definition) is 11. The Kier molecular flexibility index (Phi) is 44.4. The zero-order chi connectivity index (χ0) is 89.7. The van der Waals surface area contributed by atoms with Gasteiger partial charge in [0.05, 0.1) is 106 Å². The van der Waals surface area contributed by atoms with E-state index in [1.807, 2.05) is 29.0 Å². The molecule has 2 aliphatic rings. The Morgan fingerprint density at radius 3 is 1.10 bits per heavy atom. The molecule has 39 heteroatoms. The molecule has 0 spiro atoms. The minimum absolute atomic E-state index is 0.0744. The number of thiophene rings is 6. The number of rotatable bonds is 18. The van der Waals surface area contributed by atoms with E-state index in [4.69, 9.17) is 55.0 Å². The van der Waals surface area contributed by atoms with Gasteiger partial charge < -0.3 is 79.8 Å². The summed E-state index contributed by atoms with van der Waals surface area (Å²) in [6, 6.07) is 39.7. The van der Waals surface area contributed by atoms with Crippen LogP contribution in [0.2, 0.25) is 0 Å². The molecule has 7 heterocycles. The zero-order valence-corrected chi connectivity index (χ0v) is 71.7. The van der Waals surface area contributed by atoms with E-state index < -0.39 is 76.7 Å². The molecular weight excluding hydrogens is 1680 g/mol. The summed E-state index contributed by atoms with van der Waals surface area (Å²) in [4.78, 5) is 159. The predicted molar refractivity (Wildman–Crippen MR) is 457 cm³/mol. The van der Waals surface area contributed by atoms with Gasteiger partial charge in [-0.15, -0.1) is 68.0 Å². The number of aliphatic hydroxyl groups is 2. The predicted octanol–water partition coefficient (Wildman–Crippen LogP) is 16.2. The SMILES string of the molecule is CC(C)(C)OC(=O)Nc1ccccc1N.CC(C)(C)OC(=O)Nc1ccccc1NC(=O)c1ccc(C(=O)O)s1.COC(=O)C1=CC=C(C=O)C1.COC(=O)c1ccc(C(=O)Nc2ccccc2NC(=O)OC(C)(C)C)s1.COC(=O)c1ccc(C(=O)O)s1.O=Cc1ccc(C(=O)O)s1.O=Cc1cccs1.OCCO.c1csc(C2OCCO2)c1. The van der Waals surface area contributed by atoms with Crippen LogP contribution < -0.4 is 32.3 Å². The number of aliphatic hydroxyl groups excluding tert-OH is 2. The van der Waals surface area contributed by atoms with E-state index in [1.165, 1.54) is 81.2 Å². The summed E-state index contributed by atoms with van der Waals surface area (Å²) in [5.41, 5.74) is 7.68. The first-order valence-corrected chi connectivity index (χ1v) is 40.0. The fourth-order valence-corrected chi connectivity index (χ4v) is 12.5. The number of nitrogens with one attached hydrogen (secondary N) is 5. The summed E-state index contributed by atoms with van der Waals surface area (Å²) in [6.07, 6.45) is 4.02. The molecule has 12 N–H and O–H groups in total. The number of nitrogen functional groups attached to an aromatic ring is 1. The number of aromatic carboxylic acids is 3. The van der Waals surface area contributed by atoms with Gasteiger partial charge in [-0.1, -0.05) is 60.7 Å². The molecule has 0 saturated carbocycles. The Morgan fingerprint density at radius 1 is 0.417 bits per heavy atom. The lowest BCUT2D eigenvalue weighted by Crippen LogP contribution is -2.27. The second-order valence-electron chi connectivity index (χ2n) is 26.1. The van der Waals surface area contributed by atoms with Crippen molar-refractivity contribution in [2.45, 2.75) is 91.8 Å². The van der Waals surface area contributed by atoms with E-state index in [0.717, 1.165) is 80.9 Å². The van der Waals surface area contributed by atoms with Crippen LogP contribution in [-0.4, -0.2) is 175 Å². The molecule has 0 atom stereocenters. The van der Waals surface area contributed by atoms with E-state index in [0.29, 0.717) is 77.5 Å². The Bertz CT molecular complexity index is 4920. The highest BCUT2D eigenvalue weighted by atomic mass is 32.1. The van der Waals surface area contributed by atoms with Crippen LogP contribution in [-0.2, 0) is 47.5 Å². The van der Waals surface area contributed by atoms with Gasteiger partial charge in [0.2, 0.25) is 0 Å². The van der Waals surface area contributed by atoms with Crippen molar-refractivity contribution >= 4 is 187 Å². The number of aldehydes is 3. The number of methoxy groups -OCH3 is 3. The summed E-state index contributed by atoms with van der Waals surface area (Å²) in [7, 11) is 3.85. The third-order valence-electron chi connectivity index (χ3n) is 13.3. The lowest BCUT2D eigenvalue weighted by Gasteiger charge is -2.20. The van der Waals surface area contributed by atoms with Crippen LogP contribution in [0.25, 0.3) is 0 Å². The van der Waals surface area contributed by atoms with Crippen LogP contribution >= 0.6 is 68.0 Å². The molecule has 33 nitrogen and oxygen atoms in total. The molecule has 6 aromatic heterocycles. The molecule has 120 heavy (non-hydrogen) atoms. The standard InChI is InChI=1S/C18H20N2O5S.C17H18N2O5S.C11H16N2O2.C8H8O3.C7H6O4S.C7H8O2S.C6H4O3S.C5H4OS.C2H6O2/c1-18(2,3)25-17(23)20-12-8-6-5-7-11(12)19-15(21)13-9-10-14(26-13)16(22)24-4;1-17(2,3)24-16(23)19-11-7-5-4-6-10(11)18-14(20)12-8-9-13(25-12)15(21)22;1-11(2,3)15-10(14)13-9-7-5-4-6-8(9)12;1-11-8(10)7-3-2-6(4-7)5-9;1-11-7(10)5-3-2-4(12-5)6(8)9;1-2-6(10-5-1)7-8-3-4-9-7;7-3-4-1-2-5(10-4)6(8)9;6-4-5-2-1-3-7-5;3-1-2-4/h5-10H,1-4H3,(H,19,21)(H,20,23);4-9H,1-3H3,(H,18,20)(H,19,23)(H,21,22);4-7H,12H2,1-3H3,(H,13,14);2-3,5H,4H2,1H3;2-3H,1H3,(H,8,9);1-2,5,7H,3-4H2;1-3H,(H,8,9);1-4H;3-4H,1-2H2. The van der Waals surface area contributed by atoms with Crippen LogP contribution in [0.3, 0.4) is 0 Å². The number of amides is 5. The van der Waals surface area contributed by atoms with Crippen molar-refractivity contribution in [1.82, 2.24) is 0 Å². The highest BCUT2D eigenvalue weighted by molar-refractivity contribution is 7.17. The number of para-hydroxylation sites is 6. The van der Waals surface area contributed by atoms with Crippen molar-refractivity contribution in [2.24, 2.45) is 0 Å². The number of carboxylic acid groups (broad SMARTS) is 3. The summed E-state index contributed by atoms with van der Waals surface area (Å²) >= 11 is 6.89. The van der Waals surface area contributed by atoms with Crippen molar-refractivity contribution < 1.29 is 131 Å². The molecule has 0 bridgehead atoms. The minimum atomic E-state index is -1.09. The number of esters is 3. The molecule has 1 saturated heterocycles. The van der Waals surface area contributed by atoms with Crippen molar-refractivity contribution in [2.75, 3.05) is 80.1 Å². The van der Waals surface area contributed by atoms with Crippen LogP contribution in [0.5, 0.6) is 0 Å². The molecule has 5 amide bonds. The van der Waals surface area contributed by atoms with Crippen LogP contribution in [0.1, 0.15) is 167 Å². The summed E-state index contributed by atoms with van der Waals surface area (Å²) in [5.74, 6) is -5.34. The molecule has 3 aromatic carbocycles. The maximum Gasteiger partial charge on any atom is 0.412 e. The maximum atomic E-state index is 12.4. The molecule has 642 valence electrons. The zero-order valence-electron chi connectivity index (χ0n) is 66.8. The molecule has 1 fully saturated rings. The van der Waals surface area contributed by atoms with E-state index >= 15 is 0 Å². The smallest absolute Gasteiger partial charge is 0.412 e. The summed E-state index contributed by atoms with van der Waals surface area (Å²) < 4.78 is 39.6. The van der Waals surface area contributed by atoms with Crippen LogP contribution in [0.15, 0.2) is 180 Å². The van der Waals surface area contributed by atoms with Crippen molar-refractivity contribution in [1.29, 1.82) is 0 Å². The van der Waals surface area contributed by atoms with Gasteiger partial charge >= 0.3 is 54.1 Å². The third kappa shape index (κ3) is 39.7. The van der Waals surface area contributed by atoms with Gasteiger partial charge in [-0.05, 0) is 176 Å². The molecule has 9 aromatic rings. The molecular formula is C81H90N6O27S6. The number of carbonyl (C=O) groups excluding carboxylic acids is 11. The number of ether oxygens (including phenoxy) is 8. The fourth-order valence-electron chi connectivity index (χ4n) is 8.26. The molecule has 1 aliphatic heterocycles. The van der Waals surface area contributed by atoms with Crippen LogP contribution in [0.4, 0.5) is 48.5 Å². The van der Waals surface area contributed by atoms with Gasteiger partial charge in [-0.25, -0.2) is 43.2 Å². The second-order valence-corrected chi connectivity index (χ2v) is 32.4. The van der Waals surface area contributed by atoms with E-state index in [9.17, 15) is 67.1 Å². The molecule has 11 rings (SSSR count). The lowest BCUT2D eigenvalue weighted by atomic mass is 10.2. The molecule has 1 aliphatic carbocycles. The van der Waals surface area contributed by atoms with Crippen molar-refractivity contribution in [3.63, 3.8) is 0 Å². The number of hydrogen-bond acceptors (Lipinski definition) is 31. The molecule has 0 unspecified atom stereocenters. The maximum absolute atomic E-state index is 12.4.